The van der Waals surface area contributed by atoms with Crippen molar-refractivity contribution < 1.29 is 9.13 Å². The zero-order valence-corrected chi connectivity index (χ0v) is 11.4. The van der Waals surface area contributed by atoms with E-state index in [0.717, 1.165) is 18.4 Å². The quantitative estimate of drug-likeness (QED) is 0.875. The summed E-state index contributed by atoms with van der Waals surface area (Å²) in [7, 11) is 0. The zero-order chi connectivity index (χ0) is 13.6. The molecule has 0 amide bonds. The van der Waals surface area contributed by atoms with Crippen LogP contribution in [-0.2, 0) is 10.3 Å². The van der Waals surface area contributed by atoms with E-state index < -0.39 is 5.82 Å². The first-order valence-electron chi connectivity index (χ1n) is 6.22. The Morgan fingerprint density at radius 2 is 2.11 bits per heavy atom. The van der Waals surface area contributed by atoms with Crippen LogP contribution in [0.15, 0.2) is 12.1 Å². The Morgan fingerprint density at radius 3 is 2.79 bits per heavy atom. The summed E-state index contributed by atoms with van der Waals surface area (Å²) in [6.07, 6.45) is 1.69. The molecule has 19 heavy (non-hydrogen) atoms. The van der Waals surface area contributed by atoms with Crippen molar-refractivity contribution in [2.75, 3.05) is 18.9 Å². The molecule has 0 spiro atoms. The van der Waals surface area contributed by atoms with Crippen LogP contribution in [0.4, 0.5) is 10.3 Å². The lowest BCUT2D eigenvalue weighted by molar-refractivity contribution is 0.0320. The number of nitrogens with two attached hydrogens (primary N) is 1. The van der Waals surface area contributed by atoms with Crippen molar-refractivity contribution in [1.82, 2.24) is 9.55 Å². The van der Waals surface area contributed by atoms with Crippen molar-refractivity contribution in [3.8, 4) is 0 Å². The molecule has 1 aliphatic rings. The highest BCUT2D eigenvalue weighted by Gasteiger charge is 2.32. The minimum atomic E-state index is -0.476. The Hall–Kier alpha value is -1.33. The molecule has 1 fully saturated rings. The van der Waals surface area contributed by atoms with Crippen molar-refractivity contribution in [2.24, 2.45) is 0 Å². The zero-order valence-electron chi connectivity index (χ0n) is 10.6. The van der Waals surface area contributed by atoms with Gasteiger partial charge in [0.05, 0.1) is 16.1 Å². The number of imidazole rings is 1. The van der Waals surface area contributed by atoms with Gasteiger partial charge in [-0.3, -0.25) is 0 Å². The number of nitrogen functional groups attached to an aromatic ring is 1. The lowest BCUT2D eigenvalue weighted by Gasteiger charge is -2.36. The minimum absolute atomic E-state index is 0.0873. The van der Waals surface area contributed by atoms with Crippen molar-refractivity contribution >= 4 is 28.6 Å². The molecule has 102 valence electrons. The fourth-order valence-corrected chi connectivity index (χ4v) is 2.85. The molecule has 4 nitrogen and oxygen atoms in total. The molecule has 0 saturated carbocycles. The first-order chi connectivity index (χ1) is 9.01. The summed E-state index contributed by atoms with van der Waals surface area (Å²) >= 11 is 5.87. The Bertz CT molecular complexity index is 634. The molecule has 0 radical (unpaired) electrons. The van der Waals surface area contributed by atoms with E-state index in [9.17, 15) is 4.39 Å². The molecule has 2 N–H and O–H groups in total. The molecule has 2 aromatic rings. The smallest absolute Gasteiger partial charge is 0.201 e. The summed E-state index contributed by atoms with van der Waals surface area (Å²) < 4.78 is 20.8. The Balaban J connectivity index is 2.22. The molecule has 1 aromatic carbocycles. The van der Waals surface area contributed by atoms with E-state index in [1.165, 1.54) is 6.07 Å². The van der Waals surface area contributed by atoms with Crippen LogP contribution in [0.2, 0.25) is 5.02 Å². The van der Waals surface area contributed by atoms with Crippen LogP contribution in [-0.4, -0.2) is 22.8 Å². The molecule has 6 heteroatoms. The van der Waals surface area contributed by atoms with Crippen molar-refractivity contribution in [2.45, 2.75) is 25.3 Å². The van der Waals surface area contributed by atoms with Gasteiger partial charge in [-0.2, -0.15) is 0 Å². The number of hydrogen-bond acceptors (Lipinski definition) is 3. The summed E-state index contributed by atoms with van der Waals surface area (Å²) in [4.78, 5) is 4.24. The lowest BCUT2D eigenvalue weighted by Crippen LogP contribution is -2.37. The number of rotatable bonds is 1. The summed E-state index contributed by atoms with van der Waals surface area (Å²) in [6.45, 7) is 3.49. The van der Waals surface area contributed by atoms with Crippen molar-refractivity contribution in [1.29, 1.82) is 0 Å². The van der Waals surface area contributed by atoms with Crippen molar-refractivity contribution in [3.05, 3.63) is 23.0 Å². The van der Waals surface area contributed by atoms with E-state index in [0.29, 0.717) is 24.7 Å². The number of hydrogen-bond donors (Lipinski definition) is 1. The van der Waals surface area contributed by atoms with Gasteiger partial charge in [0.15, 0.2) is 0 Å². The van der Waals surface area contributed by atoms with Gasteiger partial charge in [0.25, 0.3) is 0 Å². The van der Waals surface area contributed by atoms with Crippen molar-refractivity contribution in [3.63, 3.8) is 0 Å². The maximum atomic E-state index is 13.5. The molecule has 1 saturated heterocycles. The number of fused-ring (bicyclic) bond motifs is 1. The van der Waals surface area contributed by atoms with Gasteiger partial charge < -0.3 is 15.0 Å². The first-order valence-corrected chi connectivity index (χ1v) is 6.60. The van der Waals surface area contributed by atoms with Gasteiger partial charge in [-0.15, -0.1) is 0 Å². The summed E-state index contributed by atoms with van der Waals surface area (Å²) in [5.41, 5.74) is 7.15. The highest BCUT2D eigenvalue weighted by Crippen LogP contribution is 2.35. The monoisotopic (exact) mass is 283 g/mol. The largest absolute Gasteiger partial charge is 0.381 e. The topological polar surface area (TPSA) is 53.1 Å². The number of benzene rings is 1. The van der Waals surface area contributed by atoms with Gasteiger partial charge >= 0.3 is 0 Å². The highest BCUT2D eigenvalue weighted by atomic mass is 35.5. The van der Waals surface area contributed by atoms with Gasteiger partial charge in [-0.1, -0.05) is 11.6 Å². The summed E-state index contributed by atoms with van der Waals surface area (Å²) in [6, 6.07) is 2.92. The summed E-state index contributed by atoms with van der Waals surface area (Å²) in [5.74, 6) is -0.0861. The van der Waals surface area contributed by atoms with Crippen LogP contribution in [0.1, 0.15) is 19.8 Å². The van der Waals surface area contributed by atoms with E-state index in [2.05, 4.69) is 11.9 Å². The molecule has 0 unspecified atom stereocenters. The van der Waals surface area contributed by atoms with Crippen LogP contribution < -0.4 is 5.73 Å². The number of anilines is 1. The van der Waals surface area contributed by atoms with Gasteiger partial charge in [0.2, 0.25) is 5.95 Å². The molecule has 0 atom stereocenters. The fourth-order valence-electron chi connectivity index (χ4n) is 2.69. The SMILES string of the molecule is CC1(n2c(N)nc3cc(F)c(Cl)cc32)CCOCC1. The fraction of sp³-hybridized carbons (Fsp3) is 0.462. The average molecular weight is 284 g/mol. The molecular weight excluding hydrogens is 269 g/mol. The third-order valence-corrected chi connectivity index (χ3v) is 4.12. The van der Waals surface area contributed by atoms with E-state index in [1.54, 1.807) is 6.07 Å². The average Bonchev–Trinajstić information content (AvgIpc) is 2.67. The van der Waals surface area contributed by atoms with E-state index in [4.69, 9.17) is 22.1 Å². The summed E-state index contributed by atoms with van der Waals surface area (Å²) in [5, 5.41) is 0.0873. The predicted molar refractivity (Wildman–Crippen MR) is 72.8 cm³/mol. The molecule has 3 rings (SSSR count). The second kappa shape index (κ2) is 4.35. The van der Waals surface area contributed by atoms with E-state index in [-0.39, 0.29) is 10.6 Å². The molecule has 2 heterocycles. The Labute approximate surface area is 115 Å². The second-order valence-electron chi connectivity index (χ2n) is 5.17. The minimum Gasteiger partial charge on any atom is -0.381 e. The number of aromatic nitrogens is 2. The van der Waals surface area contributed by atoms with Gasteiger partial charge in [0.1, 0.15) is 5.82 Å². The van der Waals surface area contributed by atoms with Gasteiger partial charge in [-0.25, -0.2) is 9.37 Å². The lowest BCUT2D eigenvalue weighted by atomic mass is 9.92. The Morgan fingerprint density at radius 1 is 1.42 bits per heavy atom. The predicted octanol–water partition coefficient (Wildman–Crippen LogP) is 2.94. The van der Waals surface area contributed by atoms with E-state index >= 15 is 0 Å². The standard InChI is InChI=1S/C13H15ClFN3O/c1-13(2-4-19-5-3-13)18-11-6-8(14)9(15)7-10(11)17-12(18)16/h6-7H,2-5H2,1H3,(H2,16,17). The highest BCUT2D eigenvalue weighted by molar-refractivity contribution is 6.31. The number of ether oxygens (including phenoxy) is 1. The maximum Gasteiger partial charge on any atom is 0.201 e. The number of nitrogens with zero attached hydrogens (tertiary/aromatic N) is 2. The molecule has 0 bridgehead atoms. The molecule has 1 aromatic heterocycles. The third-order valence-electron chi connectivity index (χ3n) is 3.83. The molecular formula is C13H15ClFN3O. The van der Waals surface area contributed by atoms with Gasteiger partial charge in [0, 0.05) is 24.8 Å². The Kier molecular flexibility index (Phi) is 2.91. The third kappa shape index (κ3) is 1.97. The second-order valence-corrected chi connectivity index (χ2v) is 5.58. The number of halogens is 2. The molecule has 1 aliphatic heterocycles. The van der Waals surface area contributed by atoms with E-state index in [1.807, 2.05) is 4.57 Å². The van der Waals surface area contributed by atoms with Crippen LogP contribution in [0, 0.1) is 5.82 Å². The first kappa shape index (κ1) is 12.7. The normalized spacial score (nSPS) is 18.9. The van der Waals surface area contributed by atoms with Crippen LogP contribution in [0.5, 0.6) is 0 Å². The van der Waals surface area contributed by atoms with Crippen LogP contribution >= 0.6 is 11.6 Å². The van der Waals surface area contributed by atoms with Gasteiger partial charge in [-0.05, 0) is 25.8 Å². The van der Waals surface area contributed by atoms with Crippen LogP contribution in [0.3, 0.4) is 0 Å². The maximum absolute atomic E-state index is 13.5. The molecule has 0 aliphatic carbocycles. The van der Waals surface area contributed by atoms with Crippen LogP contribution in [0.25, 0.3) is 11.0 Å².